The van der Waals surface area contributed by atoms with Crippen LogP contribution in [0.2, 0.25) is 5.02 Å². The second-order valence-corrected chi connectivity index (χ2v) is 9.52. The Morgan fingerprint density at radius 2 is 2.19 bits per heavy atom. The Bertz CT molecular complexity index is 884. The molecular formula is C17H19ClN2O4S2. The van der Waals surface area contributed by atoms with E-state index in [0.717, 1.165) is 0 Å². The van der Waals surface area contributed by atoms with Gasteiger partial charge in [0, 0.05) is 18.1 Å². The SMILES string of the molecule is COc1ccc(Cl)cc1NC(=O)[C@@H]1CCCN(S(=O)(=O)c2cccs2)C1. The highest BCUT2D eigenvalue weighted by molar-refractivity contribution is 7.91. The lowest BCUT2D eigenvalue weighted by atomic mass is 9.98. The van der Waals surface area contributed by atoms with Gasteiger partial charge in [-0.25, -0.2) is 8.42 Å². The molecule has 2 heterocycles. The number of carbonyl (C=O) groups is 1. The summed E-state index contributed by atoms with van der Waals surface area (Å²) in [5, 5.41) is 5.02. The first kappa shape index (κ1) is 19.2. The van der Waals surface area contributed by atoms with Gasteiger partial charge in [-0.2, -0.15) is 4.31 Å². The Morgan fingerprint density at radius 1 is 1.38 bits per heavy atom. The molecule has 0 saturated carbocycles. The Morgan fingerprint density at radius 3 is 2.88 bits per heavy atom. The van der Waals surface area contributed by atoms with E-state index >= 15 is 0 Å². The van der Waals surface area contributed by atoms with Gasteiger partial charge in [0.25, 0.3) is 10.0 Å². The molecule has 1 aromatic carbocycles. The number of benzene rings is 1. The Kier molecular flexibility index (Phi) is 5.86. The fourth-order valence-corrected chi connectivity index (χ4v) is 5.77. The number of ether oxygens (including phenoxy) is 1. The summed E-state index contributed by atoms with van der Waals surface area (Å²) in [5.41, 5.74) is 0.475. The van der Waals surface area contributed by atoms with Crippen LogP contribution in [0, 0.1) is 5.92 Å². The van der Waals surface area contributed by atoms with Gasteiger partial charge in [0.05, 0.1) is 18.7 Å². The van der Waals surface area contributed by atoms with Crippen LogP contribution in [0.15, 0.2) is 39.9 Å². The second-order valence-electron chi connectivity index (χ2n) is 5.97. The number of methoxy groups -OCH3 is 1. The van der Waals surface area contributed by atoms with Crippen LogP contribution in [-0.4, -0.2) is 38.8 Å². The Hall–Kier alpha value is -1.61. The van der Waals surface area contributed by atoms with Gasteiger partial charge in [-0.3, -0.25) is 4.79 Å². The Labute approximate surface area is 161 Å². The van der Waals surface area contributed by atoms with Crippen molar-refractivity contribution < 1.29 is 17.9 Å². The van der Waals surface area contributed by atoms with E-state index in [1.54, 1.807) is 35.7 Å². The summed E-state index contributed by atoms with van der Waals surface area (Å²) >= 11 is 7.17. The minimum absolute atomic E-state index is 0.162. The lowest BCUT2D eigenvalue weighted by Crippen LogP contribution is -2.43. The van der Waals surface area contributed by atoms with Crippen LogP contribution in [0.3, 0.4) is 0 Å². The molecule has 1 aliphatic heterocycles. The van der Waals surface area contributed by atoms with E-state index in [1.165, 1.54) is 22.8 Å². The highest BCUT2D eigenvalue weighted by atomic mass is 35.5. The molecule has 1 N–H and O–H groups in total. The first-order valence-electron chi connectivity index (χ1n) is 8.10. The van der Waals surface area contributed by atoms with Crippen LogP contribution in [0.1, 0.15) is 12.8 Å². The summed E-state index contributed by atoms with van der Waals surface area (Å²) < 4.78 is 32.3. The molecule has 1 amide bonds. The molecule has 1 aromatic heterocycles. The van der Waals surface area contributed by atoms with E-state index in [1.807, 2.05) is 0 Å². The molecule has 1 fully saturated rings. The van der Waals surface area contributed by atoms with Crippen LogP contribution in [-0.2, 0) is 14.8 Å². The smallest absolute Gasteiger partial charge is 0.252 e. The number of hydrogen-bond donors (Lipinski definition) is 1. The lowest BCUT2D eigenvalue weighted by molar-refractivity contribution is -0.120. The number of rotatable bonds is 5. The van der Waals surface area contributed by atoms with E-state index in [2.05, 4.69) is 5.32 Å². The number of sulfonamides is 1. The molecule has 26 heavy (non-hydrogen) atoms. The Balaban J connectivity index is 1.74. The number of nitrogens with zero attached hydrogens (tertiary/aromatic N) is 1. The zero-order valence-electron chi connectivity index (χ0n) is 14.1. The number of amides is 1. The van der Waals surface area contributed by atoms with Gasteiger partial charge >= 0.3 is 0 Å². The number of thiophene rings is 1. The van der Waals surface area contributed by atoms with Gasteiger partial charge in [0.15, 0.2) is 0 Å². The van der Waals surface area contributed by atoms with Crippen molar-refractivity contribution in [3.05, 3.63) is 40.7 Å². The van der Waals surface area contributed by atoms with Gasteiger partial charge < -0.3 is 10.1 Å². The summed E-state index contributed by atoms with van der Waals surface area (Å²) in [6.07, 6.45) is 1.26. The molecule has 1 aliphatic rings. The maximum Gasteiger partial charge on any atom is 0.252 e. The van der Waals surface area contributed by atoms with Crippen LogP contribution in [0.5, 0.6) is 5.75 Å². The zero-order valence-corrected chi connectivity index (χ0v) is 16.5. The van der Waals surface area contributed by atoms with Crippen molar-refractivity contribution in [3.8, 4) is 5.75 Å². The number of anilines is 1. The van der Waals surface area contributed by atoms with Crippen LogP contribution < -0.4 is 10.1 Å². The molecule has 0 spiro atoms. The summed E-state index contributed by atoms with van der Waals surface area (Å²) in [4.78, 5) is 12.7. The highest BCUT2D eigenvalue weighted by Crippen LogP contribution is 2.30. The molecular weight excluding hydrogens is 396 g/mol. The van der Waals surface area contributed by atoms with Crippen LogP contribution in [0.25, 0.3) is 0 Å². The topological polar surface area (TPSA) is 75.7 Å². The minimum atomic E-state index is -3.55. The quantitative estimate of drug-likeness (QED) is 0.813. The molecule has 3 rings (SSSR count). The molecule has 0 bridgehead atoms. The van der Waals surface area contributed by atoms with Crippen molar-refractivity contribution in [1.82, 2.24) is 4.31 Å². The lowest BCUT2D eigenvalue weighted by Gasteiger charge is -2.30. The van der Waals surface area contributed by atoms with Gasteiger partial charge in [-0.05, 0) is 42.5 Å². The van der Waals surface area contributed by atoms with Gasteiger partial charge in [0.2, 0.25) is 5.91 Å². The molecule has 9 heteroatoms. The molecule has 0 aliphatic carbocycles. The van der Waals surface area contributed by atoms with E-state index in [-0.39, 0.29) is 12.5 Å². The summed E-state index contributed by atoms with van der Waals surface area (Å²) in [6.45, 7) is 0.583. The zero-order chi connectivity index (χ0) is 18.7. The van der Waals surface area contributed by atoms with Gasteiger partial charge in [-0.1, -0.05) is 17.7 Å². The highest BCUT2D eigenvalue weighted by Gasteiger charge is 2.34. The van der Waals surface area contributed by atoms with Crippen molar-refractivity contribution in [2.45, 2.75) is 17.1 Å². The predicted molar refractivity (Wildman–Crippen MR) is 102 cm³/mol. The number of hydrogen-bond acceptors (Lipinski definition) is 5. The van der Waals surface area contributed by atoms with E-state index in [0.29, 0.717) is 40.1 Å². The molecule has 6 nitrogen and oxygen atoms in total. The largest absolute Gasteiger partial charge is 0.495 e. The van der Waals surface area contributed by atoms with Crippen molar-refractivity contribution in [1.29, 1.82) is 0 Å². The maximum absolute atomic E-state index is 12.7. The third-order valence-corrected chi connectivity index (χ3v) is 7.74. The number of carbonyl (C=O) groups excluding carboxylic acids is 1. The standard InChI is InChI=1S/C17H19ClN2O4S2/c1-24-15-7-6-13(18)10-14(15)19-17(21)12-4-2-8-20(11-12)26(22,23)16-5-3-9-25-16/h3,5-7,9-10,12H,2,4,8,11H2,1H3,(H,19,21)/t12-/m1/s1. The minimum Gasteiger partial charge on any atom is -0.495 e. The number of piperidine rings is 1. The van der Waals surface area contributed by atoms with E-state index in [9.17, 15) is 13.2 Å². The van der Waals surface area contributed by atoms with E-state index < -0.39 is 15.9 Å². The first-order chi connectivity index (χ1) is 12.4. The maximum atomic E-state index is 12.7. The number of nitrogens with one attached hydrogen (secondary N) is 1. The van der Waals surface area contributed by atoms with Crippen molar-refractivity contribution in [3.63, 3.8) is 0 Å². The van der Waals surface area contributed by atoms with Gasteiger partial charge in [-0.15, -0.1) is 11.3 Å². The molecule has 2 aromatic rings. The van der Waals surface area contributed by atoms with Gasteiger partial charge in [0.1, 0.15) is 9.96 Å². The van der Waals surface area contributed by atoms with Crippen molar-refractivity contribution in [2.75, 3.05) is 25.5 Å². The average molecular weight is 415 g/mol. The summed E-state index contributed by atoms with van der Waals surface area (Å²) in [6, 6.07) is 8.25. The van der Waals surface area contributed by atoms with Crippen LogP contribution >= 0.6 is 22.9 Å². The van der Waals surface area contributed by atoms with Crippen molar-refractivity contribution in [2.24, 2.45) is 5.92 Å². The number of halogens is 1. The van der Waals surface area contributed by atoms with Crippen LogP contribution in [0.4, 0.5) is 5.69 Å². The monoisotopic (exact) mass is 414 g/mol. The molecule has 0 radical (unpaired) electrons. The van der Waals surface area contributed by atoms with E-state index in [4.69, 9.17) is 16.3 Å². The molecule has 1 atom stereocenters. The fourth-order valence-electron chi connectivity index (χ4n) is 2.92. The second kappa shape index (κ2) is 7.96. The molecule has 0 unspecified atom stereocenters. The predicted octanol–water partition coefficient (Wildman–Crippen LogP) is 3.45. The third-order valence-electron chi connectivity index (χ3n) is 4.26. The molecule has 1 saturated heterocycles. The summed E-state index contributed by atoms with van der Waals surface area (Å²) in [7, 11) is -2.04. The average Bonchev–Trinajstić information content (AvgIpc) is 3.17. The normalized spacial score (nSPS) is 18.5. The van der Waals surface area contributed by atoms with Crippen molar-refractivity contribution >= 4 is 44.6 Å². The molecule has 140 valence electrons. The summed E-state index contributed by atoms with van der Waals surface area (Å²) in [5.74, 6) is -0.166. The fraction of sp³-hybridized carbons (Fsp3) is 0.353. The third kappa shape index (κ3) is 4.03. The first-order valence-corrected chi connectivity index (χ1v) is 10.8.